The van der Waals surface area contributed by atoms with Crippen LogP contribution in [0.25, 0.3) is 0 Å². The lowest BCUT2D eigenvalue weighted by Crippen LogP contribution is -2.67. The number of carboxylic acid groups (broad SMARTS) is 4. The van der Waals surface area contributed by atoms with Gasteiger partial charge < -0.3 is 70.8 Å². The van der Waals surface area contributed by atoms with Crippen LogP contribution in [0.4, 0.5) is 0 Å². The summed E-state index contributed by atoms with van der Waals surface area (Å²) in [4.78, 5) is 104. The van der Waals surface area contributed by atoms with Crippen molar-refractivity contribution in [1.29, 1.82) is 0 Å². The molecule has 70 heavy (non-hydrogen) atoms. The molecular weight excluding hydrogens is 927 g/mol. The standard InChI is InChI=1S/3C13H25NO4.2C2H2O4.4CH4/c3*1-4-5-8-17-11(15)7-6-9-18-13(16)12(14)10(2)3;2*3-1(4)2(5)6;;;;/h3*10,12H,4-9,14H2,1-3H3;2*(H,3,4)(H,5,6);4*1H4/t3*12-;;;;;;/m000....../s1. The predicted octanol–water partition coefficient (Wildman–Crippen LogP) is 3.71. The summed E-state index contributed by atoms with van der Waals surface area (Å²) in [6.45, 7) is 19.5. The van der Waals surface area contributed by atoms with Crippen molar-refractivity contribution < 1.29 is 103 Å². The number of esters is 6. The number of carbonyl (C=O) groups is 10. The van der Waals surface area contributed by atoms with Gasteiger partial charge in [0.05, 0.1) is 39.6 Å². The van der Waals surface area contributed by atoms with Crippen LogP contribution in [0.3, 0.4) is 0 Å². The molecule has 10 N–H and O–H groups in total. The first-order chi connectivity index (χ1) is 30.7. The molecule has 0 saturated heterocycles. The van der Waals surface area contributed by atoms with Crippen LogP contribution in [0.5, 0.6) is 0 Å². The molecule has 0 heterocycles. The van der Waals surface area contributed by atoms with Crippen LogP contribution in [0, 0.1) is 17.8 Å². The fraction of sp³-hybridized carbons (Fsp3) is 0.787. The highest BCUT2D eigenvalue weighted by Gasteiger charge is 2.23. The zero-order valence-corrected chi connectivity index (χ0v) is 40.3. The van der Waals surface area contributed by atoms with E-state index in [1.165, 1.54) is 0 Å². The van der Waals surface area contributed by atoms with Gasteiger partial charge in [-0.3, -0.25) is 24.0 Å². The second-order valence-electron chi connectivity index (χ2n) is 15.1. The Kier molecular flexibility index (Phi) is 67.8. The van der Waals surface area contributed by atoms with Crippen molar-refractivity contribution >= 4 is 59.7 Å². The van der Waals surface area contributed by atoms with Gasteiger partial charge in [-0.15, -0.1) is 0 Å². The minimum atomic E-state index is -2.07. The van der Waals surface area contributed by atoms with E-state index in [2.05, 4.69) is 5.73 Å². The van der Waals surface area contributed by atoms with E-state index in [9.17, 15) is 28.8 Å². The number of quaternary nitrogens is 1. The molecule has 0 rings (SSSR count). The lowest BCUT2D eigenvalue weighted by molar-refractivity contribution is -0.418. The number of rotatable bonds is 27. The van der Waals surface area contributed by atoms with Gasteiger partial charge in [-0.2, -0.15) is 0 Å². The molecule has 0 spiro atoms. The Bertz CT molecular complexity index is 1220. The molecule has 0 bridgehead atoms. The number of aliphatic carboxylic acids is 4. The lowest BCUT2D eigenvalue weighted by Gasteiger charge is -2.14. The van der Waals surface area contributed by atoms with Gasteiger partial charge in [0.25, 0.3) is 0 Å². The van der Waals surface area contributed by atoms with Crippen molar-refractivity contribution in [3.05, 3.63) is 0 Å². The maximum Gasteiger partial charge on any atom is 0.414 e. The molecule has 0 aromatic heterocycles. The molecule has 0 aliphatic heterocycles. The van der Waals surface area contributed by atoms with Crippen LogP contribution in [0.1, 0.15) is 169 Å². The Morgan fingerprint density at radius 3 is 0.843 bits per heavy atom. The smallest absolute Gasteiger partial charge is 0.414 e. The Hall–Kier alpha value is -5.42. The van der Waals surface area contributed by atoms with E-state index in [0.717, 1.165) is 38.5 Å². The maximum absolute atomic E-state index is 11.4. The fourth-order valence-corrected chi connectivity index (χ4v) is 3.49. The summed E-state index contributed by atoms with van der Waals surface area (Å²) < 4.78 is 29.9. The summed E-state index contributed by atoms with van der Waals surface area (Å²) in [6.07, 6.45) is 7.93. The first kappa shape index (κ1) is 84.5. The van der Waals surface area contributed by atoms with Gasteiger partial charge in [0.2, 0.25) is 0 Å². The van der Waals surface area contributed by atoms with Crippen LogP contribution in [-0.2, 0) is 76.4 Å². The summed E-state index contributed by atoms with van der Waals surface area (Å²) in [6, 6.07) is -1.54. The molecule has 0 fully saturated rings. The number of nitrogens with two attached hydrogens (primary N) is 2. The Labute approximate surface area is 417 Å². The van der Waals surface area contributed by atoms with Gasteiger partial charge in [-0.1, -0.05) is 111 Å². The van der Waals surface area contributed by atoms with Crippen molar-refractivity contribution in [3.63, 3.8) is 0 Å². The third-order valence-electron chi connectivity index (χ3n) is 8.04. The quantitative estimate of drug-likeness (QED) is 0.0295. The summed E-state index contributed by atoms with van der Waals surface area (Å²) in [7, 11) is 0. The molecule has 23 nitrogen and oxygen atoms in total. The second-order valence-corrected chi connectivity index (χ2v) is 15.1. The normalized spacial score (nSPS) is 10.7. The van der Waals surface area contributed by atoms with E-state index in [4.69, 9.17) is 79.5 Å². The second kappa shape index (κ2) is 56.2. The number of unbranched alkanes of at least 4 members (excludes halogenated alkanes) is 3. The zero-order chi connectivity index (χ0) is 52.2. The number of carbonyl (C=O) groups excluding carboxylic acids is 7. The third-order valence-corrected chi connectivity index (χ3v) is 8.04. The van der Waals surface area contributed by atoms with E-state index in [-0.39, 0.29) is 110 Å². The molecule has 23 heteroatoms. The van der Waals surface area contributed by atoms with Crippen LogP contribution in [0.2, 0.25) is 0 Å². The first-order valence-corrected chi connectivity index (χ1v) is 22.0. The summed E-state index contributed by atoms with van der Waals surface area (Å²) in [5.41, 5.74) is 15.0. The minimum absolute atomic E-state index is 0. The first-order valence-electron chi connectivity index (χ1n) is 22.0. The Morgan fingerprint density at radius 2 is 0.657 bits per heavy atom. The topological polar surface area (TPSA) is 390 Å². The van der Waals surface area contributed by atoms with Gasteiger partial charge in [0.1, 0.15) is 12.1 Å². The molecule has 418 valence electrons. The summed E-state index contributed by atoms with van der Waals surface area (Å²) in [5.74, 6) is -9.23. The number of hydrogen-bond acceptors (Lipinski definition) is 19. The summed E-state index contributed by atoms with van der Waals surface area (Å²) >= 11 is 0. The zero-order valence-electron chi connectivity index (χ0n) is 40.3. The SMILES string of the molecule is C.C.C.C.CCCCOC(=O)CCCOC(=O)[C@@H](N)C(C)C.CCCCOC(=O)CCCOC(=O)[C@@H](N)C(C)C.CCCCOC(=O)CCCOC(=O)[C@@H]([NH3+])C(C)C.O=C(O)C(=O)O.O=C([O-])C(=O)O. The van der Waals surface area contributed by atoms with Gasteiger partial charge in [0.15, 0.2) is 12.0 Å². The van der Waals surface area contributed by atoms with Crippen LogP contribution >= 0.6 is 0 Å². The molecule has 0 aromatic carbocycles. The Morgan fingerprint density at radius 1 is 0.429 bits per heavy atom. The van der Waals surface area contributed by atoms with Crippen LogP contribution in [-0.4, -0.2) is 133 Å². The molecule has 0 amide bonds. The van der Waals surface area contributed by atoms with Crippen molar-refractivity contribution in [3.8, 4) is 0 Å². The van der Waals surface area contributed by atoms with Crippen molar-refractivity contribution in [2.75, 3.05) is 39.6 Å². The van der Waals surface area contributed by atoms with Crippen LogP contribution < -0.4 is 22.3 Å². The molecule has 0 unspecified atom stereocenters. The lowest BCUT2D eigenvalue weighted by atomic mass is 10.1. The molecule has 0 aliphatic rings. The van der Waals surface area contributed by atoms with E-state index in [1.807, 2.05) is 62.3 Å². The molecule has 0 saturated carbocycles. The summed E-state index contributed by atoms with van der Waals surface area (Å²) in [5, 5.41) is 31.1. The Balaban J connectivity index is -0.0000000991. The van der Waals surface area contributed by atoms with Gasteiger partial charge in [-0.05, 0) is 50.4 Å². The van der Waals surface area contributed by atoms with E-state index < -0.39 is 47.9 Å². The molecule has 0 radical (unpaired) electrons. The van der Waals surface area contributed by atoms with Gasteiger partial charge in [0, 0.05) is 25.2 Å². The average Bonchev–Trinajstić information content (AvgIpc) is 3.25. The van der Waals surface area contributed by atoms with Crippen molar-refractivity contribution in [1.82, 2.24) is 0 Å². The molecular formula is C47H95N3O20. The fourth-order valence-electron chi connectivity index (χ4n) is 3.49. The van der Waals surface area contributed by atoms with Gasteiger partial charge >= 0.3 is 53.7 Å². The largest absolute Gasteiger partial charge is 0.539 e. The molecule has 3 atom stereocenters. The maximum atomic E-state index is 11.4. The van der Waals surface area contributed by atoms with E-state index in [1.54, 1.807) is 0 Å². The number of ether oxygens (including phenoxy) is 6. The minimum Gasteiger partial charge on any atom is -0.539 e. The van der Waals surface area contributed by atoms with E-state index in [0.29, 0.717) is 45.5 Å². The van der Waals surface area contributed by atoms with Crippen LogP contribution in [0.15, 0.2) is 0 Å². The molecule has 0 aliphatic carbocycles. The monoisotopic (exact) mass is 1020 g/mol. The van der Waals surface area contributed by atoms with Crippen molar-refractivity contribution in [2.45, 2.75) is 187 Å². The average molecular weight is 1020 g/mol. The molecule has 0 aromatic rings. The van der Waals surface area contributed by atoms with Gasteiger partial charge in [-0.25, -0.2) is 19.2 Å². The predicted molar refractivity (Wildman–Crippen MR) is 260 cm³/mol. The highest BCUT2D eigenvalue weighted by atomic mass is 16.6. The third kappa shape index (κ3) is 60.6. The van der Waals surface area contributed by atoms with E-state index >= 15 is 0 Å². The highest BCUT2D eigenvalue weighted by Crippen LogP contribution is 2.05. The number of hydrogen-bond donors (Lipinski definition) is 6. The van der Waals surface area contributed by atoms with Crippen molar-refractivity contribution in [2.24, 2.45) is 29.2 Å². The number of carboxylic acids is 4. The highest BCUT2D eigenvalue weighted by molar-refractivity contribution is 6.27.